The van der Waals surface area contributed by atoms with Crippen LogP contribution in [-0.2, 0) is 0 Å². The SMILES string of the molecule is NC1=CC=CNc2ccccc21. The van der Waals surface area contributed by atoms with Crippen LogP contribution >= 0.6 is 0 Å². The molecule has 0 saturated heterocycles. The van der Waals surface area contributed by atoms with E-state index in [-0.39, 0.29) is 0 Å². The first-order valence-corrected chi connectivity index (χ1v) is 3.86. The van der Waals surface area contributed by atoms with Crippen LogP contribution in [0.25, 0.3) is 5.70 Å². The molecule has 12 heavy (non-hydrogen) atoms. The molecule has 0 fully saturated rings. The van der Waals surface area contributed by atoms with Crippen LogP contribution in [0, 0.1) is 0 Å². The standard InChI is InChI=1S/C10H10N2/c11-9-5-3-7-12-10-6-2-1-4-8(9)10/h1-7,12H,11H2. The fourth-order valence-electron chi connectivity index (χ4n) is 1.24. The molecule has 2 rings (SSSR count). The van der Waals surface area contributed by atoms with Crippen molar-refractivity contribution in [2.24, 2.45) is 5.73 Å². The summed E-state index contributed by atoms with van der Waals surface area (Å²) in [5, 5.41) is 3.14. The summed E-state index contributed by atoms with van der Waals surface area (Å²) in [4.78, 5) is 0. The van der Waals surface area contributed by atoms with Crippen molar-refractivity contribution in [3.63, 3.8) is 0 Å². The Morgan fingerprint density at radius 3 is 2.92 bits per heavy atom. The Morgan fingerprint density at radius 1 is 1.17 bits per heavy atom. The minimum atomic E-state index is 0.798. The van der Waals surface area contributed by atoms with E-state index in [0.29, 0.717) is 0 Å². The van der Waals surface area contributed by atoms with Gasteiger partial charge in [-0.25, -0.2) is 0 Å². The van der Waals surface area contributed by atoms with Gasteiger partial charge in [-0.15, -0.1) is 0 Å². The first-order chi connectivity index (χ1) is 5.88. The molecule has 0 amide bonds. The fourth-order valence-corrected chi connectivity index (χ4v) is 1.24. The van der Waals surface area contributed by atoms with Gasteiger partial charge in [-0.2, -0.15) is 0 Å². The molecule has 1 aliphatic heterocycles. The second kappa shape index (κ2) is 2.74. The lowest BCUT2D eigenvalue weighted by Crippen LogP contribution is -1.97. The number of hydrogen-bond donors (Lipinski definition) is 2. The number of nitrogens with one attached hydrogen (secondary N) is 1. The molecule has 1 heterocycles. The normalized spacial score (nSPS) is 14.2. The Labute approximate surface area is 71.4 Å². The third-order valence-electron chi connectivity index (χ3n) is 1.85. The lowest BCUT2D eigenvalue weighted by Gasteiger charge is -2.06. The zero-order valence-corrected chi connectivity index (χ0v) is 6.62. The van der Waals surface area contributed by atoms with Crippen molar-refractivity contribution in [3.05, 3.63) is 48.2 Å². The summed E-state index contributed by atoms with van der Waals surface area (Å²) < 4.78 is 0. The minimum absolute atomic E-state index is 0.798. The molecule has 0 bridgehead atoms. The van der Waals surface area contributed by atoms with Crippen molar-refractivity contribution < 1.29 is 0 Å². The second-order valence-corrected chi connectivity index (χ2v) is 2.67. The van der Waals surface area contributed by atoms with Crippen molar-refractivity contribution in [1.82, 2.24) is 0 Å². The van der Waals surface area contributed by atoms with Crippen LogP contribution in [0.3, 0.4) is 0 Å². The monoisotopic (exact) mass is 158 g/mol. The molecule has 0 radical (unpaired) electrons. The van der Waals surface area contributed by atoms with Crippen molar-refractivity contribution in [1.29, 1.82) is 0 Å². The average molecular weight is 158 g/mol. The Kier molecular flexibility index (Phi) is 1.59. The van der Waals surface area contributed by atoms with Crippen LogP contribution in [-0.4, -0.2) is 0 Å². The number of para-hydroxylation sites is 1. The Hall–Kier alpha value is -1.70. The molecule has 1 aliphatic rings. The van der Waals surface area contributed by atoms with Crippen LogP contribution < -0.4 is 11.1 Å². The number of anilines is 1. The Bertz CT molecular complexity index is 351. The van der Waals surface area contributed by atoms with E-state index in [2.05, 4.69) is 5.32 Å². The second-order valence-electron chi connectivity index (χ2n) is 2.67. The molecular weight excluding hydrogens is 148 g/mol. The van der Waals surface area contributed by atoms with Crippen LogP contribution in [0.15, 0.2) is 42.6 Å². The highest BCUT2D eigenvalue weighted by Crippen LogP contribution is 2.21. The van der Waals surface area contributed by atoms with E-state index < -0.39 is 0 Å². The highest BCUT2D eigenvalue weighted by atomic mass is 14.8. The largest absolute Gasteiger partial charge is 0.398 e. The molecule has 2 nitrogen and oxygen atoms in total. The predicted octanol–water partition coefficient (Wildman–Crippen LogP) is 1.93. The van der Waals surface area contributed by atoms with E-state index in [4.69, 9.17) is 5.73 Å². The van der Waals surface area contributed by atoms with Crippen LogP contribution in [0.5, 0.6) is 0 Å². The smallest absolute Gasteiger partial charge is 0.0474 e. The first kappa shape index (κ1) is 6.98. The van der Waals surface area contributed by atoms with Gasteiger partial charge >= 0.3 is 0 Å². The molecule has 0 spiro atoms. The van der Waals surface area contributed by atoms with E-state index in [1.807, 2.05) is 42.6 Å². The summed E-state index contributed by atoms with van der Waals surface area (Å²) >= 11 is 0. The van der Waals surface area contributed by atoms with E-state index in [1.165, 1.54) is 0 Å². The number of allylic oxidation sites excluding steroid dienone is 2. The van der Waals surface area contributed by atoms with Crippen molar-refractivity contribution in [3.8, 4) is 0 Å². The van der Waals surface area contributed by atoms with Gasteiger partial charge in [0.25, 0.3) is 0 Å². The summed E-state index contributed by atoms with van der Waals surface area (Å²) in [5.74, 6) is 0. The predicted molar refractivity (Wildman–Crippen MR) is 51.4 cm³/mol. The van der Waals surface area contributed by atoms with Gasteiger partial charge in [-0.3, -0.25) is 0 Å². The maximum Gasteiger partial charge on any atom is 0.0474 e. The molecule has 3 N–H and O–H groups in total. The van der Waals surface area contributed by atoms with Gasteiger partial charge < -0.3 is 11.1 Å². The number of rotatable bonds is 0. The molecule has 60 valence electrons. The molecule has 0 saturated carbocycles. The van der Waals surface area contributed by atoms with Crippen molar-refractivity contribution >= 4 is 11.4 Å². The van der Waals surface area contributed by atoms with Crippen LogP contribution in [0.1, 0.15) is 5.56 Å². The molecule has 0 aliphatic carbocycles. The highest BCUT2D eigenvalue weighted by molar-refractivity contribution is 5.77. The van der Waals surface area contributed by atoms with Crippen LogP contribution in [0.4, 0.5) is 5.69 Å². The quantitative estimate of drug-likeness (QED) is 0.605. The summed E-state index contributed by atoms with van der Waals surface area (Å²) in [6.07, 6.45) is 5.66. The molecule has 1 aromatic carbocycles. The van der Waals surface area contributed by atoms with Gasteiger partial charge in [0, 0.05) is 23.1 Å². The lowest BCUT2D eigenvalue weighted by atomic mass is 10.1. The van der Waals surface area contributed by atoms with Gasteiger partial charge in [0.05, 0.1) is 0 Å². The summed E-state index contributed by atoms with van der Waals surface area (Å²) in [6, 6.07) is 7.97. The molecule has 0 atom stereocenters. The van der Waals surface area contributed by atoms with Gasteiger partial charge in [0.1, 0.15) is 0 Å². The van der Waals surface area contributed by atoms with Gasteiger partial charge in [-0.05, 0) is 18.2 Å². The third-order valence-corrected chi connectivity index (χ3v) is 1.85. The number of fused-ring (bicyclic) bond motifs is 1. The number of hydrogen-bond acceptors (Lipinski definition) is 2. The molecule has 1 aromatic rings. The molecule has 2 heteroatoms. The van der Waals surface area contributed by atoms with Gasteiger partial charge in [0.2, 0.25) is 0 Å². The summed E-state index contributed by atoms with van der Waals surface area (Å²) in [5.41, 5.74) is 8.73. The van der Waals surface area contributed by atoms with E-state index in [1.54, 1.807) is 0 Å². The van der Waals surface area contributed by atoms with E-state index in [9.17, 15) is 0 Å². The molecule has 0 aromatic heterocycles. The maximum atomic E-state index is 5.82. The van der Waals surface area contributed by atoms with Gasteiger partial charge in [-0.1, -0.05) is 18.2 Å². The average Bonchev–Trinajstić information content (AvgIpc) is 2.29. The summed E-state index contributed by atoms with van der Waals surface area (Å²) in [7, 11) is 0. The Morgan fingerprint density at radius 2 is 2.00 bits per heavy atom. The number of nitrogens with two attached hydrogens (primary N) is 1. The maximum absolute atomic E-state index is 5.82. The van der Waals surface area contributed by atoms with Gasteiger partial charge in [0.15, 0.2) is 0 Å². The lowest BCUT2D eigenvalue weighted by molar-refractivity contribution is 1.50. The van der Waals surface area contributed by atoms with Crippen molar-refractivity contribution in [2.45, 2.75) is 0 Å². The fraction of sp³-hybridized carbons (Fsp3) is 0. The minimum Gasteiger partial charge on any atom is -0.398 e. The zero-order chi connectivity index (χ0) is 8.39. The molecular formula is C10H10N2. The first-order valence-electron chi connectivity index (χ1n) is 3.86. The third kappa shape index (κ3) is 1.07. The number of benzene rings is 1. The topological polar surface area (TPSA) is 38.0 Å². The summed E-state index contributed by atoms with van der Waals surface area (Å²) in [6.45, 7) is 0. The van der Waals surface area contributed by atoms with E-state index >= 15 is 0 Å². The van der Waals surface area contributed by atoms with Crippen molar-refractivity contribution in [2.75, 3.05) is 5.32 Å². The highest BCUT2D eigenvalue weighted by Gasteiger charge is 2.03. The Balaban J connectivity index is 2.58. The zero-order valence-electron chi connectivity index (χ0n) is 6.62. The van der Waals surface area contributed by atoms with Crippen LogP contribution in [0.2, 0.25) is 0 Å². The van der Waals surface area contributed by atoms with E-state index in [0.717, 1.165) is 16.9 Å². The molecule has 0 unspecified atom stereocenters.